The van der Waals surface area contributed by atoms with Crippen molar-refractivity contribution in [2.75, 3.05) is 0 Å². The monoisotopic (exact) mass is 241 g/mol. The molecule has 4 heteroatoms. The molecule has 1 N–H and O–H groups in total. The van der Waals surface area contributed by atoms with Gasteiger partial charge in [0, 0.05) is 24.8 Å². The minimum atomic E-state index is -0.0847. The molecule has 0 bridgehead atoms. The van der Waals surface area contributed by atoms with Crippen LogP contribution in [-0.2, 0) is 6.42 Å². The van der Waals surface area contributed by atoms with Crippen molar-refractivity contribution in [2.24, 2.45) is 0 Å². The number of hydrogen-bond donors (Lipinski definition) is 1. The standard InChI is InChI=1S/C14H13N3O.H2/c1-2-10-9-15-17-13(18)8-12(16-14(10)17)11-6-4-3-5-7-11;/h3-9,15H,2H2,1H3;1H. The second kappa shape index (κ2) is 4.14. The fourth-order valence-corrected chi connectivity index (χ4v) is 2.05. The smallest absolute Gasteiger partial charge is 0.273 e. The van der Waals surface area contributed by atoms with Crippen LogP contribution in [0.5, 0.6) is 0 Å². The summed E-state index contributed by atoms with van der Waals surface area (Å²) in [5.74, 6) is 0. The van der Waals surface area contributed by atoms with Crippen molar-refractivity contribution >= 4 is 5.65 Å². The molecule has 0 amide bonds. The first kappa shape index (κ1) is 10.8. The Balaban J connectivity index is 0.00000133. The molecule has 0 saturated carbocycles. The van der Waals surface area contributed by atoms with Crippen LogP contribution in [0, 0.1) is 0 Å². The third-order valence-electron chi connectivity index (χ3n) is 3.02. The molecule has 0 fully saturated rings. The summed E-state index contributed by atoms with van der Waals surface area (Å²) in [6.07, 6.45) is 2.68. The maximum absolute atomic E-state index is 12.0. The van der Waals surface area contributed by atoms with Gasteiger partial charge >= 0.3 is 0 Å². The Morgan fingerprint density at radius 1 is 1.33 bits per heavy atom. The quantitative estimate of drug-likeness (QED) is 0.749. The number of H-pyrrole nitrogens is 1. The molecule has 18 heavy (non-hydrogen) atoms. The maximum atomic E-state index is 12.0. The molecule has 4 nitrogen and oxygen atoms in total. The van der Waals surface area contributed by atoms with Crippen LogP contribution in [0.4, 0.5) is 0 Å². The molecule has 0 aliphatic rings. The molecule has 0 atom stereocenters. The van der Waals surface area contributed by atoms with Gasteiger partial charge in [0.2, 0.25) is 0 Å². The molecule has 0 spiro atoms. The van der Waals surface area contributed by atoms with Crippen LogP contribution in [0.25, 0.3) is 16.9 Å². The van der Waals surface area contributed by atoms with Crippen LogP contribution in [0.15, 0.2) is 47.4 Å². The molecule has 0 unspecified atom stereocenters. The van der Waals surface area contributed by atoms with E-state index < -0.39 is 0 Å². The average Bonchev–Trinajstić information content (AvgIpc) is 2.83. The Morgan fingerprint density at radius 2 is 2.11 bits per heavy atom. The highest BCUT2D eigenvalue weighted by Crippen LogP contribution is 2.16. The first-order valence-corrected chi connectivity index (χ1v) is 5.95. The maximum Gasteiger partial charge on any atom is 0.273 e. The lowest BCUT2D eigenvalue weighted by Crippen LogP contribution is -2.14. The summed E-state index contributed by atoms with van der Waals surface area (Å²) in [5, 5.41) is 2.93. The Morgan fingerprint density at radius 3 is 2.83 bits per heavy atom. The normalized spacial score (nSPS) is 10.9. The Kier molecular flexibility index (Phi) is 2.48. The summed E-state index contributed by atoms with van der Waals surface area (Å²) in [5.41, 5.74) is 3.35. The summed E-state index contributed by atoms with van der Waals surface area (Å²) < 4.78 is 1.48. The molecule has 2 aromatic heterocycles. The first-order valence-electron chi connectivity index (χ1n) is 5.95. The number of benzene rings is 1. The van der Waals surface area contributed by atoms with Crippen molar-refractivity contribution in [3.05, 3.63) is 58.5 Å². The lowest BCUT2D eigenvalue weighted by molar-refractivity contribution is 0.901. The molecule has 3 aromatic rings. The predicted molar refractivity (Wildman–Crippen MR) is 72.7 cm³/mol. The number of aromatic nitrogens is 3. The van der Waals surface area contributed by atoms with Gasteiger partial charge in [0.25, 0.3) is 5.56 Å². The summed E-state index contributed by atoms with van der Waals surface area (Å²) in [7, 11) is 0. The van der Waals surface area contributed by atoms with E-state index in [1.54, 1.807) is 6.07 Å². The molecule has 2 heterocycles. The van der Waals surface area contributed by atoms with Crippen LogP contribution in [0.3, 0.4) is 0 Å². The van der Waals surface area contributed by atoms with Crippen molar-refractivity contribution in [3.8, 4) is 11.3 Å². The lowest BCUT2D eigenvalue weighted by Gasteiger charge is -2.01. The largest absolute Gasteiger partial charge is 0.297 e. The van der Waals surface area contributed by atoms with E-state index in [-0.39, 0.29) is 6.99 Å². The van der Waals surface area contributed by atoms with E-state index in [0.717, 1.165) is 23.2 Å². The van der Waals surface area contributed by atoms with Crippen LogP contribution < -0.4 is 5.56 Å². The molecule has 0 aliphatic carbocycles. The van der Waals surface area contributed by atoms with E-state index in [1.165, 1.54) is 4.52 Å². The van der Waals surface area contributed by atoms with E-state index in [4.69, 9.17) is 0 Å². The van der Waals surface area contributed by atoms with E-state index in [2.05, 4.69) is 10.1 Å². The van der Waals surface area contributed by atoms with Gasteiger partial charge in [0.05, 0.1) is 5.69 Å². The molecule has 92 valence electrons. The number of aryl methyl sites for hydroxylation is 1. The number of rotatable bonds is 2. The van der Waals surface area contributed by atoms with Crippen molar-refractivity contribution in [2.45, 2.75) is 13.3 Å². The van der Waals surface area contributed by atoms with Gasteiger partial charge in [0.1, 0.15) is 0 Å². The van der Waals surface area contributed by atoms with Crippen LogP contribution in [-0.4, -0.2) is 14.6 Å². The predicted octanol–water partition coefficient (Wildman–Crippen LogP) is 2.50. The van der Waals surface area contributed by atoms with E-state index in [9.17, 15) is 4.79 Å². The molecule has 0 radical (unpaired) electrons. The van der Waals surface area contributed by atoms with E-state index in [1.807, 2.05) is 43.5 Å². The molecule has 0 saturated heterocycles. The SMILES string of the molecule is CCc1c[nH]n2c(=O)cc(-c3ccccc3)nc12.[HH]. The van der Waals surface area contributed by atoms with Crippen molar-refractivity contribution in [1.29, 1.82) is 0 Å². The Labute approximate surface area is 105 Å². The van der Waals surface area contributed by atoms with Gasteiger partial charge in [-0.3, -0.25) is 9.89 Å². The number of aromatic amines is 1. The van der Waals surface area contributed by atoms with Gasteiger partial charge in [-0.25, -0.2) is 9.50 Å². The third kappa shape index (κ3) is 1.62. The topological polar surface area (TPSA) is 50.2 Å². The number of nitrogens with one attached hydrogen (secondary N) is 1. The van der Waals surface area contributed by atoms with Crippen molar-refractivity contribution in [1.82, 2.24) is 14.6 Å². The van der Waals surface area contributed by atoms with Crippen LogP contribution >= 0.6 is 0 Å². The highest BCUT2D eigenvalue weighted by molar-refractivity contribution is 5.62. The lowest BCUT2D eigenvalue weighted by atomic mass is 10.1. The Hall–Kier alpha value is -2.36. The molecule has 0 aliphatic heterocycles. The zero-order chi connectivity index (χ0) is 12.5. The molecular weight excluding hydrogens is 226 g/mol. The number of fused-ring (bicyclic) bond motifs is 1. The van der Waals surface area contributed by atoms with Gasteiger partial charge in [-0.15, -0.1) is 0 Å². The second-order valence-electron chi connectivity index (χ2n) is 4.16. The van der Waals surface area contributed by atoms with E-state index in [0.29, 0.717) is 5.65 Å². The van der Waals surface area contributed by atoms with Gasteiger partial charge in [-0.2, -0.15) is 0 Å². The molecule has 1 aromatic carbocycles. The molecule has 3 rings (SSSR count). The minimum absolute atomic E-state index is 0. The fourth-order valence-electron chi connectivity index (χ4n) is 2.05. The number of nitrogens with zero attached hydrogens (tertiary/aromatic N) is 2. The first-order chi connectivity index (χ1) is 8.79. The van der Waals surface area contributed by atoms with Gasteiger partial charge in [-0.05, 0) is 6.42 Å². The molecular formula is C14H15N3O. The second-order valence-corrected chi connectivity index (χ2v) is 4.16. The van der Waals surface area contributed by atoms with Crippen LogP contribution in [0.1, 0.15) is 13.9 Å². The zero-order valence-corrected chi connectivity index (χ0v) is 10.1. The average molecular weight is 241 g/mol. The van der Waals surface area contributed by atoms with E-state index >= 15 is 0 Å². The van der Waals surface area contributed by atoms with Gasteiger partial charge in [-0.1, -0.05) is 37.3 Å². The third-order valence-corrected chi connectivity index (χ3v) is 3.02. The van der Waals surface area contributed by atoms with Crippen molar-refractivity contribution < 1.29 is 1.43 Å². The van der Waals surface area contributed by atoms with Gasteiger partial charge in [0.15, 0.2) is 5.65 Å². The summed E-state index contributed by atoms with van der Waals surface area (Å²) in [6, 6.07) is 11.3. The van der Waals surface area contributed by atoms with Gasteiger partial charge < -0.3 is 0 Å². The highest BCUT2D eigenvalue weighted by Gasteiger charge is 2.08. The number of hydrogen-bond acceptors (Lipinski definition) is 2. The summed E-state index contributed by atoms with van der Waals surface area (Å²) in [6.45, 7) is 2.05. The van der Waals surface area contributed by atoms with Crippen molar-refractivity contribution in [3.63, 3.8) is 0 Å². The minimum Gasteiger partial charge on any atom is -0.297 e. The highest BCUT2D eigenvalue weighted by atomic mass is 16.1. The Bertz CT molecular complexity index is 746. The fraction of sp³-hybridized carbons (Fsp3) is 0.143. The summed E-state index contributed by atoms with van der Waals surface area (Å²) in [4.78, 5) is 16.6. The van der Waals surface area contributed by atoms with Crippen LogP contribution in [0.2, 0.25) is 0 Å². The zero-order valence-electron chi connectivity index (χ0n) is 10.1. The summed E-state index contributed by atoms with van der Waals surface area (Å²) >= 11 is 0.